The average molecular weight is 1760 g/mol. The highest BCUT2D eigenvalue weighted by molar-refractivity contribution is 6.17. The zero-order valence-corrected chi connectivity index (χ0v) is 74.3. The molecule has 28 rings (SSSR count). The fourth-order valence-electron chi connectivity index (χ4n) is 20.6. The molecule has 0 saturated heterocycles. The zero-order valence-electron chi connectivity index (χ0n) is 74.3. The van der Waals surface area contributed by atoms with Crippen LogP contribution in [0, 0.1) is 0 Å². The molecule has 0 fully saturated rings. The van der Waals surface area contributed by atoms with Gasteiger partial charge in [-0.05, 0) is 196 Å². The Labute approximate surface area is 791 Å². The Kier molecular flexibility index (Phi) is 18.7. The minimum atomic E-state index is 0.630. The summed E-state index contributed by atoms with van der Waals surface area (Å²) >= 11 is 0. The number of hydrogen-bond donors (Lipinski definition) is 0. The first-order chi connectivity index (χ1) is 68.4. The Balaban J connectivity index is 0.000000139. The van der Waals surface area contributed by atoms with E-state index in [1.54, 1.807) is 0 Å². The van der Waals surface area contributed by atoms with E-state index in [0.29, 0.717) is 34.9 Å². The molecule has 0 amide bonds. The Morgan fingerprint density at radius 3 is 0.725 bits per heavy atom. The summed E-state index contributed by atoms with van der Waals surface area (Å²) in [6, 6.07) is 167. The van der Waals surface area contributed by atoms with Crippen LogP contribution in [0.5, 0.6) is 0 Å². The molecular formula is C126H78N10O2. The van der Waals surface area contributed by atoms with Crippen LogP contribution in [0.1, 0.15) is 0 Å². The molecule has 0 N–H and O–H groups in total. The first kappa shape index (κ1) is 79.0. The van der Waals surface area contributed by atoms with Gasteiger partial charge in [0.2, 0.25) is 0 Å². The second-order valence-corrected chi connectivity index (χ2v) is 35.2. The van der Waals surface area contributed by atoms with E-state index < -0.39 is 0 Å². The molecule has 0 spiro atoms. The molecule has 20 aromatic carbocycles. The normalized spacial score (nSPS) is 11.8. The zero-order chi connectivity index (χ0) is 90.8. The van der Waals surface area contributed by atoms with Crippen molar-refractivity contribution in [1.29, 1.82) is 0 Å². The van der Waals surface area contributed by atoms with Gasteiger partial charge in [0.25, 0.3) is 0 Å². The van der Waals surface area contributed by atoms with Crippen LogP contribution in [0.4, 0.5) is 0 Å². The largest absolute Gasteiger partial charge is 0.456 e. The molecule has 138 heavy (non-hydrogen) atoms. The Morgan fingerprint density at radius 1 is 0.123 bits per heavy atom. The van der Waals surface area contributed by atoms with Crippen LogP contribution in [-0.4, -0.2) is 48.2 Å². The SMILES string of the molecule is c1ccc(-c2nc(-c3ccccc3)nc(-c3ccc(-c4ccc(-n5c6ccccc6c6cc(-c7ccc8c(c7)c7ccccc7n8-c7ccc8oc9ccccc9c8c7)ccc65)cc4)cc3)n2)cc1.c1ccc(-c2nc(-c3ccccc3)nc(-c3cccc(-c4cccc(-n5c6ccccc6c6cc(-c7ccc8c(c7)c7ccccc7n8-c7ccc8oc9ccccc9c8c7)ccc65)c4)c3)n2)cc1. The molecule has 0 aliphatic carbocycles. The summed E-state index contributed by atoms with van der Waals surface area (Å²) in [5.74, 6) is 3.85. The molecule has 0 radical (unpaired) electrons. The van der Waals surface area contributed by atoms with E-state index in [4.69, 9.17) is 38.7 Å². The molecule has 0 aliphatic heterocycles. The van der Waals surface area contributed by atoms with Crippen LogP contribution in [0.3, 0.4) is 0 Å². The second kappa shape index (κ2) is 32.6. The third-order valence-electron chi connectivity index (χ3n) is 27.2. The Hall–Kier alpha value is -18.8. The fourth-order valence-corrected chi connectivity index (χ4v) is 20.6. The molecule has 0 atom stereocenters. The highest BCUT2D eigenvalue weighted by Gasteiger charge is 2.24. The molecule has 8 aromatic heterocycles. The number of rotatable bonds is 14. The molecule has 644 valence electrons. The molecule has 8 heterocycles. The van der Waals surface area contributed by atoms with Crippen LogP contribution in [-0.2, 0) is 0 Å². The van der Waals surface area contributed by atoms with Crippen molar-refractivity contribution in [3.63, 3.8) is 0 Å². The van der Waals surface area contributed by atoms with Gasteiger partial charge in [0.05, 0.1) is 44.1 Å². The smallest absolute Gasteiger partial charge is 0.164 e. The van der Waals surface area contributed by atoms with Gasteiger partial charge < -0.3 is 27.1 Å². The molecule has 12 nitrogen and oxygen atoms in total. The molecule has 0 unspecified atom stereocenters. The van der Waals surface area contributed by atoms with E-state index >= 15 is 0 Å². The highest BCUT2D eigenvalue weighted by atomic mass is 16.3. The van der Waals surface area contributed by atoms with Crippen LogP contribution < -0.4 is 0 Å². The maximum Gasteiger partial charge on any atom is 0.164 e. The topological polar surface area (TPSA) is 123 Å². The fraction of sp³-hybridized carbons (Fsp3) is 0. The van der Waals surface area contributed by atoms with Crippen molar-refractivity contribution in [2.45, 2.75) is 0 Å². The molecule has 12 heteroatoms. The van der Waals surface area contributed by atoms with Gasteiger partial charge >= 0.3 is 0 Å². The van der Waals surface area contributed by atoms with Crippen molar-refractivity contribution in [1.82, 2.24) is 48.2 Å². The van der Waals surface area contributed by atoms with Gasteiger partial charge in [-0.25, -0.2) is 29.9 Å². The van der Waals surface area contributed by atoms with Gasteiger partial charge in [0.1, 0.15) is 22.3 Å². The van der Waals surface area contributed by atoms with Crippen molar-refractivity contribution in [2.75, 3.05) is 0 Å². The average Bonchev–Trinajstić information content (AvgIpc) is 1.58. The van der Waals surface area contributed by atoms with E-state index in [9.17, 15) is 0 Å². The van der Waals surface area contributed by atoms with Crippen molar-refractivity contribution in [3.8, 4) is 136 Å². The number of fused-ring (bicyclic) bond motifs is 18. The third-order valence-corrected chi connectivity index (χ3v) is 27.2. The lowest BCUT2D eigenvalue weighted by Gasteiger charge is -2.12. The summed E-state index contributed by atoms with van der Waals surface area (Å²) in [4.78, 5) is 29.7. The van der Waals surface area contributed by atoms with Crippen LogP contribution in [0.25, 0.3) is 267 Å². The summed E-state index contributed by atoms with van der Waals surface area (Å²) in [6.45, 7) is 0. The van der Waals surface area contributed by atoms with Crippen LogP contribution >= 0.6 is 0 Å². The highest BCUT2D eigenvalue weighted by Crippen LogP contribution is 2.45. The van der Waals surface area contributed by atoms with Gasteiger partial charge in [0.15, 0.2) is 34.9 Å². The molecule has 0 saturated carbocycles. The predicted octanol–water partition coefficient (Wildman–Crippen LogP) is 32.6. The minimum absolute atomic E-state index is 0.630. The lowest BCUT2D eigenvalue weighted by molar-refractivity contribution is 0.668. The standard InChI is InChI=1S/2C63H39N5O/c1-3-15-40(16-4-1)61-64-62(41-17-5-2-6-18-41)66-63(65-61)46-21-13-19-42(35-46)43-20-14-22-47(36-43)67-55-26-10-7-23-49(55)52-37-44(29-32-57(52)67)45-30-33-58-53(38-45)50-24-8-11-27-56(50)68(58)48-31-34-60-54(39-48)51-25-9-12-28-59(51)69-60;1-3-13-42(14-4-1)61-64-62(43-15-5-2-6-16-43)66-63(65-61)44-25-23-40(24-26-44)41-27-31-47(32-28-41)67-55-20-10-7-17-49(55)52-37-45(29-34-57(52)67)46-30-35-58-53(38-46)50-18-8-11-21-56(50)68(58)48-33-36-60-54(39-48)51-19-9-12-22-59(51)69-60/h2*1-39H. The molecule has 0 bridgehead atoms. The van der Waals surface area contributed by atoms with Gasteiger partial charge in [-0.3, -0.25) is 0 Å². The van der Waals surface area contributed by atoms with Crippen molar-refractivity contribution in [3.05, 3.63) is 473 Å². The van der Waals surface area contributed by atoms with E-state index in [1.807, 2.05) is 146 Å². The lowest BCUT2D eigenvalue weighted by atomic mass is 10.0. The first-order valence-corrected chi connectivity index (χ1v) is 46.5. The summed E-state index contributed by atoms with van der Waals surface area (Å²) in [7, 11) is 0. The summed E-state index contributed by atoms with van der Waals surface area (Å²) in [5, 5.41) is 14.2. The Bertz CT molecular complexity index is 9600. The van der Waals surface area contributed by atoms with E-state index in [2.05, 4.69) is 346 Å². The number of aromatic nitrogens is 10. The van der Waals surface area contributed by atoms with Gasteiger partial charge in [-0.15, -0.1) is 0 Å². The maximum atomic E-state index is 6.20. The monoisotopic (exact) mass is 1760 g/mol. The van der Waals surface area contributed by atoms with Gasteiger partial charge in [-0.2, -0.15) is 0 Å². The number of nitrogens with zero attached hydrogens (tertiary/aromatic N) is 10. The Morgan fingerprint density at radius 2 is 0.355 bits per heavy atom. The van der Waals surface area contributed by atoms with Gasteiger partial charge in [-0.1, -0.05) is 322 Å². The van der Waals surface area contributed by atoms with Gasteiger partial charge in [0, 0.05) is 121 Å². The van der Waals surface area contributed by atoms with Crippen LogP contribution in [0.15, 0.2) is 482 Å². The van der Waals surface area contributed by atoms with Crippen molar-refractivity contribution in [2.24, 2.45) is 0 Å². The molecule has 28 aromatic rings. The van der Waals surface area contributed by atoms with Crippen molar-refractivity contribution < 1.29 is 8.83 Å². The molecular weight excluding hydrogens is 1690 g/mol. The maximum absolute atomic E-state index is 6.20. The van der Waals surface area contributed by atoms with Crippen molar-refractivity contribution >= 4 is 131 Å². The third kappa shape index (κ3) is 13.6. The quantitative estimate of drug-likeness (QED) is 0.105. The van der Waals surface area contributed by atoms with E-state index in [0.717, 1.165) is 139 Å². The summed E-state index contributed by atoms with van der Waals surface area (Å²) in [5.41, 5.74) is 32.1. The van der Waals surface area contributed by atoms with Crippen LogP contribution in [0.2, 0.25) is 0 Å². The predicted molar refractivity (Wildman–Crippen MR) is 566 cm³/mol. The number of benzene rings is 20. The number of furan rings is 2. The van der Waals surface area contributed by atoms with E-state index in [-0.39, 0.29) is 0 Å². The minimum Gasteiger partial charge on any atom is -0.456 e. The van der Waals surface area contributed by atoms with E-state index in [1.165, 1.54) is 92.9 Å². The lowest BCUT2D eigenvalue weighted by Crippen LogP contribution is -2.00. The first-order valence-electron chi connectivity index (χ1n) is 46.5. The molecule has 0 aliphatic rings. The number of hydrogen-bond acceptors (Lipinski definition) is 8. The number of para-hydroxylation sites is 6. The summed E-state index contributed by atoms with van der Waals surface area (Å²) < 4.78 is 21.9. The summed E-state index contributed by atoms with van der Waals surface area (Å²) in [6.07, 6.45) is 0. The second-order valence-electron chi connectivity index (χ2n) is 35.2.